The molecule has 0 aliphatic carbocycles. The molecule has 2 saturated heterocycles. The Bertz CT molecular complexity index is 810. The van der Waals surface area contributed by atoms with E-state index in [1.54, 1.807) is 5.57 Å². The minimum absolute atomic E-state index is 0.635. The van der Waals surface area contributed by atoms with Crippen molar-refractivity contribution in [3.8, 4) is 11.5 Å². The van der Waals surface area contributed by atoms with Crippen LogP contribution in [0.4, 0.5) is 5.69 Å². The van der Waals surface area contributed by atoms with E-state index in [1.165, 1.54) is 24.0 Å². The van der Waals surface area contributed by atoms with Crippen molar-refractivity contribution < 1.29 is 4.74 Å². The van der Waals surface area contributed by atoms with Gasteiger partial charge in [-0.05, 0) is 43.4 Å². The summed E-state index contributed by atoms with van der Waals surface area (Å²) >= 11 is 0. The smallest absolute Gasteiger partial charge is 0.158 e. The number of piperidine rings is 1. The lowest BCUT2D eigenvalue weighted by atomic mass is 9.84. The van der Waals surface area contributed by atoms with E-state index in [-0.39, 0.29) is 0 Å². The van der Waals surface area contributed by atoms with Gasteiger partial charge in [0.1, 0.15) is 5.75 Å². The molecule has 2 aromatic carbocycles. The molecule has 3 heteroatoms. The summed E-state index contributed by atoms with van der Waals surface area (Å²) < 4.78 is 6.12. The molecule has 3 N–H and O–H groups in total. The number of ether oxygens (including phenoxy) is 1. The zero-order chi connectivity index (χ0) is 15.4. The molecule has 2 aromatic rings. The number of anilines is 1. The molecule has 3 aliphatic heterocycles. The summed E-state index contributed by atoms with van der Waals surface area (Å²) in [5.41, 5.74) is 12.2. The molecule has 0 saturated carbocycles. The van der Waals surface area contributed by atoms with Crippen LogP contribution in [0.2, 0.25) is 0 Å². The summed E-state index contributed by atoms with van der Waals surface area (Å²) in [6, 6.07) is 15.7. The molecular formula is C20H20N2O. The van der Waals surface area contributed by atoms with Crippen LogP contribution in [0.5, 0.6) is 11.5 Å². The fourth-order valence-corrected chi connectivity index (χ4v) is 4.37. The van der Waals surface area contributed by atoms with E-state index in [1.807, 2.05) is 24.3 Å². The Morgan fingerprint density at radius 1 is 0.913 bits per heavy atom. The summed E-state index contributed by atoms with van der Waals surface area (Å²) in [5, 5.41) is 3.73. The van der Waals surface area contributed by atoms with Gasteiger partial charge in [0.15, 0.2) is 5.75 Å². The van der Waals surface area contributed by atoms with E-state index in [4.69, 9.17) is 10.5 Å². The van der Waals surface area contributed by atoms with Crippen LogP contribution in [0.15, 0.2) is 48.0 Å². The van der Waals surface area contributed by atoms with E-state index < -0.39 is 0 Å². The molecule has 0 spiro atoms. The minimum Gasteiger partial charge on any atom is -0.454 e. The SMILES string of the molecule is Nc1cccc2c1Oc1ccccc1C2=C1CC2CCC(C1)N2. The third-order valence-electron chi connectivity index (χ3n) is 5.36. The van der Waals surface area contributed by atoms with Crippen molar-refractivity contribution in [2.24, 2.45) is 0 Å². The predicted molar refractivity (Wildman–Crippen MR) is 92.6 cm³/mol. The molecule has 23 heavy (non-hydrogen) atoms. The van der Waals surface area contributed by atoms with Gasteiger partial charge in [0, 0.05) is 23.2 Å². The highest BCUT2D eigenvalue weighted by molar-refractivity contribution is 5.92. The molecule has 0 radical (unpaired) electrons. The molecule has 0 amide bonds. The summed E-state index contributed by atoms with van der Waals surface area (Å²) in [6.07, 6.45) is 4.86. The van der Waals surface area contributed by atoms with Crippen LogP contribution < -0.4 is 15.8 Å². The molecule has 0 aromatic heterocycles. The number of benzene rings is 2. The summed E-state index contributed by atoms with van der Waals surface area (Å²) in [5.74, 6) is 1.74. The highest BCUT2D eigenvalue weighted by Crippen LogP contribution is 2.49. The van der Waals surface area contributed by atoms with Gasteiger partial charge in [-0.3, -0.25) is 0 Å². The van der Waals surface area contributed by atoms with Gasteiger partial charge in [-0.15, -0.1) is 0 Å². The Hall–Kier alpha value is -2.26. The van der Waals surface area contributed by atoms with Gasteiger partial charge in [0.25, 0.3) is 0 Å². The number of hydrogen-bond acceptors (Lipinski definition) is 3. The normalized spacial score (nSPS) is 24.9. The molecule has 2 fully saturated rings. The predicted octanol–water partition coefficient (Wildman–Crippen LogP) is 4.09. The molecule has 2 bridgehead atoms. The number of nitrogens with one attached hydrogen (secondary N) is 1. The number of hydrogen-bond donors (Lipinski definition) is 2. The van der Waals surface area contributed by atoms with Gasteiger partial charge in [-0.1, -0.05) is 35.9 Å². The fourth-order valence-electron chi connectivity index (χ4n) is 4.37. The first-order chi connectivity index (χ1) is 11.3. The van der Waals surface area contributed by atoms with E-state index in [0.29, 0.717) is 17.8 Å². The first kappa shape index (κ1) is 13.2. The van der Waals surface area contributed by atoms with Crippen LogP contribution >= 0.6 is 0 Å². The number of rotatable bonds is 0. The van der Waals surface area contributed by atoms with E-state index >= 15 is 0 Å². The van der Waals surface area contributed by atoms with Crippen LogP contribution in [-0.2, 0) is 0 Å². The van der Waals surface area contributed by atoms with Gasteiger partial charge >= 0.3 is 0 Å². The summed E-state index contributed by atoms with van der Waals surface area (Å²) in [7, 11) is 0. The van der Waals surface area contributed by atoms with Crippen molar-refractivity contribution in [3.05, 3.63) is 59.2 Å². The van der Waals surface area contributed by atoms with Crippen LogP contribution in [-0.4, -0.2) is 12.1 Å². The van der Waals surface area contributed by atoms with Crippen molar-refractivity contribution in [1.29, 1.82) is 0 Å². The number of nitrogens with two attached hydrogens (primary N) is 1. The molecule has 3 heterocycles. The second kappa shape index (κ2) is 4.87. The Kier molecular flexibility index (Phi) is 2.79. The van der Waals surface area contributed by atoms with Gasteiger partial charge in [0.2, 0.25) is 0 Å². The molecule has 5 rings (SSSR count). The molecule has 3 nitrogen and oxygen atoms in total. The second-order valence-corrected chi connectivity index (χ2v) is 6.85. The maximum atomic E-state index is 6.20. The lowest BCUT2D eigenvalue weighted by Crippen LogP contribution is -2.35. The zero-order valence-electron chi connectivity index (χ0n) is 13.0. The van der Waals surface area contributed by atoms with E-state index in [0.717, 1.165) is 29.9 Å². The Morgan fingerprint density at radius 2 is 1.65 bits per heavy atom. The summed E-state index contributed by atoms with van der Waals surface area (Å²) in [4.78, 5) is 0. The van der Waals surface area contributed by atoms with E-state index in [9.17, 15) is 0 Å². The third-order valence-corrected chi connectivity index (χ3v) is 5.36. The monoisotopic (exact) mass is 304 g/mol. The Morgan fingerprint density at radius 3 is 2.48 bits per heavy atom. The molecule has 116 valence electrons. The lowest BCUT2D eigenvalue weighted by Gasteiger charge is -2.30. The van der Waals surface area contributed by atoms with Crippen LogP contribution in [0.25, 0.3) is 5.57 Å². The zero-order valence-corrected chi connectivity index (χ0v) is 13.0. The average molecular weight is 304 g/mol. The highest BCUT2D eigenvalue weighted by Gasteiger charge is 2.34. The Balaban J connectivity index is 1.76. The van der Waals surface area contributed by atoms with Crippen LogP contribution in [0.1, 0.15) is 36.8 Å². The van der Waals surface area contributed by atoms with Crippen LogP contribution in [0, 0.1) is 0 Å². The van der Waals surface area contributed by atoms with Crippen molar-refractivity contribution in [3.63, 3.8) is 0 Å². The average Bonchev–Trinajstić information content (AvgIpc) is 2.91. The van der Waals surface area contributed by atoms with Gasteiger partial charge < -0.3 is 15.8 Å². The van der Waals surface area contributed by atoms with Crippen molar-refractivity contribution in [2.45, 2.75) is 37.8 Å². The molecule has 2 unspecified atom stereocenters. The second-order valence-electron chi connectivity index (χ2n) is 6.85. The molecule has 2 atom stereocenters. The van der Waals surface area contributed by atoms with Gasteiger partial charge in [-0.2, -0.15) is 0 Å². The van der Waals surface area contributed by atoms with Crippen LogP contribution in [0.3, 0.4) is 0 Å². The van der Waals surface area contributed by atoms with Gasteiger partial charge in [-0.25, -0.2) is 0 Å². The Labute approximate surface area is 136 Å². The van der Waals surface area contributed by atoms with Crippen molar-refractivity contribution in [2.75, 3.05) is 5.73 Å². The number of nitrogen functional groups attached to an aromatic ring is 1. The lowest BCUT2D eigenvalue weighted by molar-refractivity contribution is 0.466. The molecule has 3 aliphatic rings. The molecular weight excluding hydrogens is 284 g/mol. The van der Waals surface area contributed by atoms with Crippen molar-refractivity contribution >= 4 is 11.3 Å². The largest absolute Gasteiger partial charge is 0.454 e. The number of fused-ring (bicyclic) bond motifs is 4. The first-order valence-corrected chi connectivity index (χ1v) is 8.44. The van der Waals surface area contributed by atoms with Gasteiger partial charge in [0.05, 0.1) is 5.69 Å². The maximum absolute atomic E-state index is 6.20. The third kappa shape index (κ3) is 2.00. The summed E-state index contributed by atoms with van der Waals surface area (Å²) in [6.45, 7) is 0. The van der Waals surface area contributed by atoms with Crippen molar-refractivity contribution in [1.82, 2.24) is 5.32 Å². The standard InChI is InChI=1S/C20H20N2O/c21-17-6-3-5-16-19(12-10-13-8-9-14(11-12)22-13)15-4-1-2-7-18(15)23-20(16)17/h1-7,13-14,22H,8-11,21H2. The first-order valence-electron chi connectivity index (χ1n) is 8.44. The fraction of sp³-hybridized carbons (Fsp3) is 0.300. The van der Waals surface area contributed by atoms with E-state index in [2.05, 4.69) is 23.5 Å². The maximum Gasteiger partial charge on any atom is 0.158 e. The highest BCUT2D eigenvalue weighted by atomic mass is 16.5. The quantitative estimate of drug-likeness (QED) is 0.615. The topological polar surface area (TPSA) is 47.3 Å². The minimum atomic E-state index is 0.635. The number of para-hydroxylation sites is 2.